The Morgan fingerprint density at radius 1 is 1.10 bits per heavy atom. The fraction of sp³-hybridized carbons (Fsp3) is 0.833. The van der Waals surface area contributed by atoms with E-state index in [0.29, 0.717) is 24.9 Å². The van der Waals surface area contributed by atoms with Gasteiger partial charge in [0.05, 0.1) is 24.4 Å². The van der Waals surface area contributed by atoms with Gasteiger partial charge in [-0.25, -0.2) is 0 Å². The van der Waals surface area contributed by atoms with E-state index in [9.17, 15) is 9.59 Å². The Bertz CT molecular complexity index is 731. The van der Waals surface area contributed by atoms with Crippen LogP contribution >= 0.6 is 0 Å². The van der Waals surface area contributed by atoms with E-state index in [1.807, 2.05) is 6.92 Å². The van der Waals surface area contributed by atoms with Crippen LogP contribution in [0.2, 0.25) is 0 Å². The molecule has 1 saturated carbocycles. The zero-order chi connectivity index (χ0) is 21.8. The maximum absolute atomic E-state index is 12.0. The van der Waals surface area contributed by atoms with Crippen LogP contribution in [-0.4, -0.2) is 48.6 Å². The molecule has 3 fully saturated rings. The fourth-order valence-corrected chi connectivity index (χ4v) is 6.59. The third kappa shape index (κ3) is 3.70. The Morgan fingerprint density at radius 3 is 2.47 bits per heavy atom. The lowest BCUT2D eigenvalue weighted by Crippen LogP contribution is -2.52. The monoisotopic (exact) mass is 420 g/mol. The molecule has 168 valence electrons. The van der Waals surface area contributed by atoms with Gasteiger partial charge in [0.2, 0.25) is 0 Å². The highest BCUT2D eigenvalue weighted by atomic mass is 16.6. The lowest BCUT2D eigenvalue weighted by molar-refractivity contribution is -0.159. The predicted octanol–water partition coefficient (Wildman–Crippen LogP) is 3.67. The first kappa shape index (κ1) is 21.8. The lowest BCUT2D eigenvalue weighted by Gasteiger charge is -2.46. The molecule has 6 heteroatoms. The minimum absolute atomic E-state index is 0.0619. The van der Waals surface area contributed by atoms with Crippen LogP contribution in [0.3, 0.4) is 0 Å². The normalized spacial score (nSPS) is 49.5. The van der Waals surface area contributed by atoms with Gasteiger partial charge in [0.25, 0.3) is 0 Å². The molecule has 30 heavy (non-hydrogen) atoms. The molecular formula is C24H36O6. The van der Waals surface area contributed by atoms with Crippen LogP contribution in [0, 0.1) is 29.6 Å². The highest BCUT2D eigenvalue weighted by Crippen LogP contribution is 2.57. The van der Waals surface area contributed by atoms with Gasteiger partial charge in [-0.3, -0.25) is 9.59 Å². The summed E-state index contributed by atoms with van der Waals surface area (Å²) in [5.74, 6) is 1.01. The maximum Gasteiger partial charge on any atom is 0.303 e. The third-order valence-electron chi connectivity index (χ3n) is 8.01. The van der Waals surface area contributed by atoms with Gasteiger partial charge in [0, 0.05) is 25.7 Å². The SMILES string of the molecule is CC(=O)O[C@H]1[C@@H]2[C@@H]3[C@@H](C[C@H]1C)[C@@H](C)CO[C@@]1(C)CC[C@@H](OC(C)=O)/C(C)=C\[C@@H]2O[C@@H]31. The van der Waals surface area contributed by atoms with E-state index in [1.165, 1.54) is 13.8 Å². The highest BCUT2D eigenvalue weighted by Gasteiger charge is 2.62. The van der Waals surface area contributed by atoms with E-state index in [0.717, 1.165) is 18.4 Å². The van der Waals surface area contributed by atoms with Gasteiger partial charge in [-0.05, 0) is 56.4 Å². The quantitative estimate of drug-likeness (QED) is 0.501. The van der Waals surface area contributed by atoms with Crippen molar-refractivity contribution >= 4 is 11.9 Å². The Hall–Kier alpha value is -1.40. The van der Waals surface area contributed by atoms with Crippen LogP contribution < -0.4 is 0 Å². The predicted molar refractivity (Wildman–Crippen MR) is 111 cm³/mol. The van der Waals surface area contributed by atoms with Gasteiger partial charge in [0.1, 0.15) is 12.2 Å². The zero-order valence-corrected chi connectivity index (χ0v) is 19.1. The molecule has 1 aliphatic carbocycles. The van der Waals surface area contributed by atoms with Crippen LogP contribution in [0.15, 0.2) is 11.6 Å². The summed E-state index contributed by atoms with van der Waals surface area (Å²) in [5.41, 5.74) is 0.543. The molecule has 3 heterocycles. The minimum atomic E-state index is -0.459. The summed E-state index contributed by atoms with van der Waals surface area (Å²) in [4.78, 5) is 23.7. The van der Waals surface area contributed by atoms with E-state index in [4.69, 9.17) is 18.9 Å². The average Bonchev–Trinajstić information content (AvgIpc) is 3.01. The smallest absolute Gasteiger partial charge is 0.303 e. The summed E-state index contributed by atoms with van der Waals surface area (Å²) < 4.78 is 24.8. The Labute approximate surface area is 179 Å². The van der Waals surface area contributed by atoms with Crippen molar-refractivity contribution in [3.05, 3.63) is 11.6 Å². The number of fused-ring (bicyclic) bond motifs is 2. The molecule has 2 bridgehead atoms. The summed E-state index contributed by atoms with van der Waals surface area (Å²) in [6.07, 6.45) is 3.90. The van der Waals surface area contributed by atoms with Crippen molar-refractivity contribution in [3.63, 3.8) is 0 Å². The van der Waals surface area contributed by atoms with Crippen molar-refractivity contribution in [1.82, 2.24) is 0 Å². The average molecular weight is 421 g/mol. The first-order valence-electron chi connectivity index (χ1n) is 11.4. The molecule has 0 unspecified atom stereocenters. The molecule has 0 spiro atoms. The molecule has 0 radical (unpaired) electrons. The number of carbonyl (C=O) groups excluding carboxylic acids is 2. The van der Waals surface area contributed by atoms with Crippen LogP contribution in [0.4, 0.5) is 0 Å². The minimum Gasteiger partial charge on any atom is -0.462 e. The number of rotatable bonds is 2. The second-order valence-corrected chi connectivity index (χ2v) is 10.3. The van der Waals surface area contributed by atoms with E-state index in [2.05, 4.69) is 26.8 Å². The van der Waals surface area contributed by atoms with Crippen molar-refractivity contribution in [2.75, 3.05) is 6.61 Å². The molecule has 4 aliphatic rings. The molecular weight excluding hydrogens is 384 g/mol. The van der Waals surface area contributed by atoms with E-state index in [-0.39, 0.29) is 54.1 Å². The number of hydrogen-bond acceptors (Lipinski definition) is 6. The first-order chi connectivity index (χ1) is 14.1. The van der Waals surface area contributed by atoms with Gasteiger partial charge in [0.15, 0.2) is 0 Å². The largest absolute Gasteiger partial charge is 0.462 e. The fourth-order valence-electron chi connectivity index (χ4n) is 6.59. The van der Waals surface area contributed by atoms with Crippen molar-refractivity contribution < 1.29 is 28.5 Å². The molecule has 4 rings (SSSR count). The van der Waals surface area contributed by atoms with Gasteiger partial charge in [-0.2, -0.15) is 0 Å². The summed E-state index contributed by atoms with van der Waals surface area (Å²) in [6, 6.07) is 0. The second kappa shape index (κ2) is 7.94. The standard InChI is InChI=1S/C24H36O6/c1-12-10-19-21-20-17(9-13(2)22(21)29-16(5)26)14(3)11-27-24(6,23(20)30-19)8-7-18(12)28-15(4)25/h10,13-14,17-23H,7-9,11H2,1-6H3/b12-10-/t13-,14+,17+,18-,19+,20+,21+,22-,23+,24+/m1/s1. The molecule has 0 aromatic rings. The molecule has 10 atom stereocenters. The molecule has 0 amide bonds. The van der Waals surface area contributed by atoms with Gasteiger partial charge >= 0.3 is 11.9 Å². The van der Waals surface area contributed by atoms with Crippen LogP contribution in [-0.2, 0) is 28.5 Å². The van der Waals surface area contributed by atoms with Crippen LogP contribution in [0.25, 0.3) is 0 Å². The Kier molecular flexibility index (Phi) is 5.77. The van der Waals surface area contributed by atoms with E-state index >= 15 is 0 Å². The Morgan fingerprint density at radius 2 is 1.80 bits per heavy atom. The van der Waals surface area contributed by atoms with Crippen molar-refractivity contribution in [3.8, 4) is 0 Å². The van der Waals surface area contributed by atoms with Crippen molar-refractivity contribution in [2.24, 2.45) is 29.6 Å². The third-order valence-corrected chi connectivity index (χ3v) is 8.01. The number of esters is 2. The lowest BCUT2D eigenvalue weighted by atomic mass is 9.59. The molecule has 0 N–H and O–H groups in total. The Balaban J connectivity index is 1.80. The molecule has 6 nitrogen and oxygen atoms in total. The van der Waals surface area contributed by atoms with Crippen LogP contribution in [0.5, 0.6) is 0 Å². The summed E-state index contributed by atoms with van der Waals surface area (Å²) in [7, 11) is 0. The van der Waals surface area contributed by atoms with E-state index in [1.54, 1.807) is 0 Å². The molecule has 3 aliphatic heterocycles. The van der Waals surface area contributed by atoms with Gasteiger partial charge in [-0.15, -0.1) is 0 Å². The summed E-state index contributed by atoms with van der Waals surface area (Å²) >= 11 is 0. The molecule has 0 aromatic carbocycles. The van der Waals surface area contributed by atoms with Gasteiger partial charge < -0.3 is 18.9 Å². The molecule has 2 saturated heterocycles. The summed E-state index contributed by atoms with van der Waals surface area (Å²) in [5, 5.41) is 0. The zero-order valence-electron chi connectivity index (χ0n) is 19.1. The van der Waals surface area contributed by atoms with Crippen LogP contribution in [0.1, 0.15) is 60.8 Å². The number of ether oxygens (including phenoxy) is 4. The molecule has 0 aromatic heterocycles. The van der Waals surface area contributed by atoms with E-state index < -0.39 is 5.60 Å². The van der Waals surface area contributed by atoms with Gasteiger partial charge in [-0.1, -0.05) is 19.9 Å². The van der Waals surface area contributed by atoms with Crippen molar-refractivity contribution in [1.29, 1.82) is 0 Å². The van der Waals surface area contributed by atoms with Crippen molar-refractivity contribution in [2.45, 2.75) is 90.8 Å². The maximum atomic E-state index is 12.0. The topological polar surface area (TPSA) is 71.1 Å². The first-order valence-corrected chi connectivity index (χ1v) is 11.4. The number of hydrogen-bond donors (Lipinski definition) is 0. The highest BCUT2D eigenvalue weighted by molar-refractivity contribution is 5.66. The second-order valence-electron chi connectivity index (χ2n) is 10.3. The number of carbonyl (C=O) groups is 2. The summed E-state index contributed by atoms with van der Waals surface area (Å²) in [6.45, 7) is 12.3.